The highest BCUT2D eigenvalue weighted by molar-refractivity contribution is 7.89. The molecular formula is C23H27N5O3S. The monoisotopic (exact) mass is 453 g/mol. The van der Waals surface area contributed by atoms with E-state index in [1.807, 2.05) is 43.3 Å². The molecule has 0 saturated carbocycles. The molecule has 0 spiro atoms. The second-order valence-corrected chi connectivity index (χ2v) is 10.6. The van der Waals surface area contributed by atoms with Gasteiger partial charge in [-0.2, -0.15) is 4.31 Å². The standard InChI is InChI=1S/C23H27N5O3S/c1-15(2)32(29,30)28-13-12-18-17(14-28)6-5-7-19(18)24-21-10-8-16(3)23(25-21)20-9-11-22(31-4)27-26-20/h5-11,15H,12-14H2,1-4H3,(H,24,25). The molecule has 0 bridgehead atoms. The smallest absolute Gasteiger partial charge is 0.233 e. The number of aromatic nitrogens is 3. The summed E-state index contributed by atoms with van der Waals surface area (Å²) < 4.78 is 31.9. The van der Waals surface area contributed by atoms with Crippen molar-refractivity contribution in [2.75, 3.05) is 19.0 Å². The van der Waals surface area contributed by atoms with E-state index >= 15 is 0 Å². The van der Waals surface area contributed by atoms with E-state index in [4.69, 9.17) is 9.72 Å². The highest BCUT2D eigenvalue weighted by Crippen LogP contribution is 2.31. The molecule has 1 aromatic carbocycles. The minimum atomic E-state index is -3.28. The van der Waals surface area contributed by atoms with Gasteiger partial charge in [-0.15, -0.1) is 10.2 Å². The Labute approximate surface area is 188 Å². The Bertz CT molecular complexity index is 1230. The van der Waals surface area contributed by atoms with Crippen molar-refractivity contribution in [1.82, 2.24) is 19.5 Å². The second kappa shape index (κ2) is 8.84. The molecule has 0 amide bonds. The maximum absolute atomic E-state index is 12.6. The molecular weight excluding hydrogens is 426 g/mol. The molecule has 9 heteroatoms. The lowest BCUT2D eigenvalue weighted by molar-refractivity contribution is 0.387. The molecule has 0 radical (unpaired) electrons. The van der Waals surface area contributed by atoms with Crippen LogP contribution >= 0.6 is 0 Å². The van der Waals surface area contributed by atoms with Crippen LogP contribution in [0.1, 0.15) is 30.5 Å². The third kappa shape index (κ3) is 4.31. The minimum Gasteiger partial charge on any atom is -0.480 e. The van der Waals surface area contributed by atoms with Gasteiger partial charge < -0.3 is 10.1 Å². The van der Waals surface area contributed by atoms with Gasteiger partial charge in [0.1, 0.15) is 11.5 Å². The van der Waals surface area contributed by atoms with Crippen LogP contribution in [0.2, 0.25) is 0 Å². The molecule has 2 aromatic heterocycles. The fourth-order valence-corrected chi connectivity index (χ4v) is 5.03. The van der Waals surface area contributed by atoms with Crippen LogP contribution < -0.4 is 10.1 Å². The van der Waals surface area contributed by atoms with Gasteiger partial charge in [0.05, 0.1) is 18.1 Å². The fourth-order valence-electron chi connectivity index (χ4n) is 3.77. The van der Waals surface area contributed by atoms with E-state index in [1.165, 1.54) is 0 Å². The summed E-state index contributed by atoms with van der Waals surface area (Å²) in [7, 11) is -1.73. The van der Waals surface area contributed by atoms with Gasteiger partial charge in [-0.1, -0.05) is 18.2 Å². The molecule has 8 nitrogen and oxygen atoms in total. The molecule has 0 saturated heterocycles. The lowest BCUT2D eigenvalue weighted by atomic mass is 9.99. The van der Waals surface area contributed by atoms with Gasteiger partial charge in [0.25, 0.3) is 0 Å². The van der Waals surface area contributed by atoms with E-state index in [1.54, 1.807) is 31.3 Å². The van der Waals surface area contributed by atoms with Crippen molar-refractivity contribution in [3.8, 4) is 17.3 Å². The van der Waals surface area contributed by atoms with E-state index in [0.29, 0.717) is 36.9 Å². The van der Waals surface area contributed by atoms with Crippen molar-refractivity contribution in [3.05, 3.63) is 59.2 Å². The fraction of sp³-hybridized carbons (Fsp3) is 0.348. The van der Waals surface area contributed by atoms with Crippen LogP contribution in [0.5, 0.6) is 5.88 Å². The zero-order valence-electron chi connectivity index (χ0n) is 18.7. The van der Waals surface area contributed by atoms with Crippen molar-refractivity contribution in [2.45, 2.75) is 39.0 Å². The number of aryl methyl sites for hydroxylation is 1. The molecule has 32 heavy (non-hydrogen) atoms. The van der Waals surface area contributed by atoms with Crippen molar-refractivity contribution in [1.29, 1.82) is 0 Å². The highest BCUT2D eigenvalue weighted by atomic mass is 32.2. The van der Waals surface area contributed by atoms with E-state index in [9.17, 15) is 8.42 Å². The highest BCUT2D eigenvalue weighted by Gasteiger charge is 2.30. The number of nitrogens with one attached hydrogen (secondary N) is 1. The number of benzene rings is 1. The zero-order chi connectivity index (χ0) is 22.9. The molecule has 1 N–H and O–H groups in total. The summed E-state index contributed by atoms with van der Waals surface area (Å²) in [6.45, 7) is 6.28. The van der Waals surface area contributed by atoms with E-state index < -0.39 is 15.3 Å². The lowest BCUT2D eigenvalue weighted by Crippen LogP contribution is -2.40. The molecule has 1 aliphatic rings. The number of hydrogen-bond donors (Lipinski definition) is 1. The quantitative estimate of drug-likeness (QED) is 0.608. The number of anilines is 2. The molecule has 0 atom stereocenters. The van der Waals surface area contributed by atoms with Crippen LogP contribution in [0, 0.1) is 6.92 Å². The first-order chi connectivity index (χ1) is 15.3. The Morgan fingerprint density at radius 1 is 1.09 bits per heavy atom. The maximum Gasteiger partial charge on any atom is 0.233 e. The average molecular weight is 454 g/mol. The predicted octanol–water partition coefficient (Wildman–Crippen LogP) is 3.70. The number of methoxy groups -OCH3 is 1. The second-order valence-electron chi connectivity index (χ2n) is 8.07. The predicted molar refractivity (Wildman–Crippen MR) is 124 cm³/mol. The van der Waals surface area contributed by atoms with Gasteiger partial charge in [-0.25, -0.2) is 13.4 Å². The van der Waals surface area contributed by atoms with Gasteiger partial charge >= 0.3 is 0 Å². The first kappa shape index (κ1) is 22.2. The normalized spacial score (nSPS) is 14.3. The Balaban J connectivity index is 1.61. The molecule has 3 aromatic rings. The van der Waals surface area contributed by atoms with E-state index in [2.05, 4.69) is 15.5 Å². The largest absolute Gasteiger partial charge is 0.480 e. The van der Waals surface area contributed by atoms with Crippen molar-refractivity contribution >= 4 is 21.5 Å². The topological polar surface area (TPSA) is 97.3 Å². The molecule has 3 heterocycles. The number of hydrogen-bond acceptors (Lipinski definition) is 7. The zero-order valence-corrected chi connectivity index (χ0v) is 19.5. The SMILES string of the molecule is COc1ccc(-c2nc(Nc3cccc4c3CCN(S(=O)(=O)C(C)C)C4)ccc2C)nn1. The van der Waals surface area contributed by atoms with Crippen LogP contribution in [0.4, 0.5) is 11.5 Å². The van der Waals surface area contributed by atoms with Crippen LogP contribution in [0.25, 0.3) is 11.4 Å². The summed E-state index contributed by atoms with van der Waals surface area (Å²) in [6, 6.07) is 13.4. The molecule has 0 fully saturated rings. The van der Waals surface area contributed by atoms with Crippen LogP contribution in [-0.4, -0.2) is 46.8 Å². The number of nitrogens with zero attached hydrogens (tertiary/aromatic N) is 4. The Hall–Kier alpha value is -3.04. The van der Waals surface area contributed by atoms with Crippen LogP contribution in [0.3, 0.4) is 0 Å². The van der Waals surface area contributed by atoms with Crippen LogP contribution in [-0.2, 0) is 23.0 Å². The molecule has 0 unspecified atom stereocenters. The Morgan fingerprint density at radius 2 is 1.91 bits per heavy atom. The number of fused-ring (bicyclic) bond motifs is 1. The summed E-state index contributed by atoms with van der Waals surface area (Å²) in [6.07, 6.45) is 0.646. The van der Waals surface area contributed by atoms with E-state index in [-0.39, 0.29) is 0 Å². The number of pyridine rings is 1. The summed E-state index contributed by atoms with van der Waals surface area (Å²) >= 11 is 0. The number of sulfonamides is 1. The summed E-state index contributed by atoms with van der Waals surface area (Å²) in [5, 5.41) is 11.2. The maximum atomic E-state index is 12.6. The summed E-state index contributed by atoms with van der Waals surface area (Å²) in [4.78, 5) is 4.76. The first-order valence-corrected chi connectivity index (χ1v) is 12.0. The molecule has 1 aliphatic heterocycles. The Morgan fingerprint density at radius 3 is 2.59 bits per heavy atom. The van der Waals surface area contributed by atoms with Gasteiger partial charge in [0.15, 0.2) is 0 Å². The number of rotatable bonds is 6. The lowest BCUT2D eigenvalue weighted by Gasteiger charge is -2.30. The van der Waals surface area contributed by atoms with Crippen LogP contribution in [0.15, 0.2) is 42.5 Å². The summed E-state index contributed by atoms with van der Waals surface area (Å²) in [5.41, 5.74) is 5.46. The minimum absolute atomic E-state index is 0.388. The van der Waals surface area contributed by atoms with E-state index in [0.717, 1.165) is 28.1 Å². The summed E-state index contributed by atoms with van der Waals surface area (Å²) in [5.74, 6) is 1.14. The third-order valence-electron chi connectivity index (χ3n) is 5.64. The van der Waals surface area contributed by atoms with Crippen molar-refractivity contribution < 1.29 is 13.2 Å². The van der Waals surface area contributed by atoms with Gasteiger partial charge in [0, 0.05) is 24.8 Å². The van der Waals surface area contributed by atoms with Crippen molar-refractivity contribution in [3.63, 3.8) is 0 Å². The van der Waals surface area contributed by atoms with Crippen molar-refractivity contribution in [2.24, 2.45) is 0 Å². The number of ether oxygens (including phenoxy) is 1. The van der Waals surface area contributed by atoms with Gasteiger partial charge in [0.2, 0.25) is 15.9 Å². The van der Waals surface area contributed by atoms with Gasteiger partial charge in [-0.3, -0.25) is 0 Å². The Kier molecular flexibility index (Phi) is 6.12. The molecule has 168 valence electrons. The molecule has 0 aliphatic carbocycles. The molecule has 4 rings (SSSR count). The van der Waals surface area contributed by atoms with Gasteiger partial charge in [-0.05, 0) is 62.1 Å². The first-order valence-electron chi connectivity index (χ1n) is 10.5. The third-order valence-corrected chi connectivity index (χ3v) is 7.86. The average Bonchev–Trinajstić information content (AvgIpc) is 2.80.